The molecule has 1 fully saturated rings. The number of piperidine rings is 1. The lowest BCUT2D eigenvalue weighted by atomic mass is 9.98. The molecule has 1 N–H and O–H groups in total. The lowest BCUT2D eigenvalue weighted by molar-refractivity contribution is -0.120. The van der Waals surface area contributed by atoms with Gasteiger partial charge in [0, 0.05) is 18.8 Å². The number of benzene rings is 2. The molecule has 0 saturated carbocycles. The summed E-state index contributed by atoms with van der Waals surface area (Å²) in [7, 11) is -2.65. The topological polar surface area (TPSA) is 75.7 Å². The molecular formula is C20H23FN2O4S. The van der Waals surface area contributed by atoms with Gasteiger partial charge in [-0.2, -0.15) is 4.31 Å². The van der Waals surface area contributed by atoms with Gasteiger partial charge >= 0.3 is 0 Å². The van der Waals surface area contributed by atoms with Crippen LogP contribution in [0.1, 0.15) is 18.4 Å². The molecule has 6 nitrogen and oxygen atoms in total. The number of methoxy groups -OCH3 is 1. The molecule has 28 heavy (non-hydrogen) atoms. The third kappa shape index (κ3) is 4.34. The van der Waals surface area contributed by atoms with E-state index in [-0.39, 0.29) is 29.6 Å². The van der Waals surface area contributed by atoms with Crippen molar-refractivity contribution in [3.63, 3.8) is 0 Å². The van der Waals surface area contributed by atoms with Crippen LogP contribution in [0.5, 0.6) is 5.75 Å². The maximum atomic E-state index is 13.7. The Morgan fingerprint density at radius 3 is 2.75 bits per heavy atom. The quantitative estimate of drug-likeness (QED) is 0.828. The normalized spacial score (nSPS) is 17.9. The molecule has 0 bridgehead atoms. The monoisotopic (exact) mass is 406 g/mol. The second-order valence-corrected chi connectivity index (χ2v) is 8.76. The number of anilines is 1. The van der Waals surface area contributed by atoms with Crippen LogP contribution < -0.4 is 10.1 Å². The second-order valence-electron chi connectivity index (χ2n) is 6.86. The summed E-state index contributed by atoms with van der Waals surface area (Å²) in [6.45, 7) is 2.24. The number of nitrogens with one attached hydrogen (secondary N) is 1. The van der Waals surface area contributed by atoms with Gasteiger partial charge in [0.05, 0.1) is 13.0 Å². The number of hydrogen-bond acceptors (Lipinski definition) is 4. The molecule has 0 spiro atoms. The lowest BCUT2D eigenvalue weighted by Gasteiger charge is -2.31. The predicted octanol–water partition coefficient (Wildman–Crippen LogP) is 3.18. The average molecular weight is 406 g/mol. The highest BCUT2D eigenvalue weighted by Crippen LogP contribution is 2.30. The standard InChI is InChI=1S/C20H23FN2O4S/c1-14-5-3-7-17(11-14)22-20(24)15-6-4-10-23(13-15)28(25,26)19-12-16(21)8-9-18(19)27-2/h3,5,7-9,11-12,15H,4,6,10,13H2,1-2H3,(H,22,24). The summed E-state index contributed by atoms with van der Waals surface area (Å²) in [5, 5.41) is 2.85. The highest BCUT2D eigenvalue weighted by molar-refractivity contribution is 7.89. The Morgan fingerprint density at radius 1 is 1.25 bits per heavy atom. The van der Waals surface area contributed by atoms with Crippen LogP contribution in [-0.4, -0.2) is 38.8 Å². The van der Waals surface area contributed by atoms with Gasteiger partial charge in [-0.1, -0.05) is 12.1 Å². The number of hydrogen-bond donors (Lipinski definition) is 1. The zero-order chi connectivity index (χ0) is 20.3. The number of ether oxygens (including phenoxy) is 1. The van der Waals surface area contributed by atoms with Crippen molar-refractivity contribution in [2.45, 2.75) is 24.7 Å². The molecular weight excluding hydrogens is 383 g/mol. The van der Waals surface area contributed by atoms with Gasteiger partial charge in [-0.25, -0.2) is 12.8 Å². The van der Waals surface area contributed by atoms with Crippen molar-refractivity contribution >= 4 is 21.6 Å². The van der Waals surface area contributed by atoms with Gasteiger partial charge in [0.2, 0.25) is 15.9 Å². The zero-order valence-electron chi connectivity index (χ0n) is 15.8. The largest absolute Gasteiger partial charge is 0.495 e. The molecule has 1 unspecified atom stereocenters. The summed E-state index contributed by atoms with van der Waals surface area (Å²) >= 11 is 0. The summed E-state index contributed by atoms with van der Waals surface area (Å²) < 4.78 is 46.1. The average Bonchev–Trinajstić information content (AvgIpc) is 2.68. The number of amides is 1. The first-order valence-corrected chi connectivity index (χ1v) is 10.5. The molecule has 1 amide bonds. The van der Waals surface area contributed by atoms with E-state index in [1.165, 1.54) is 17.5 Å². The summed E-state index contributed by atoms with van der Waals surface area (Å²) in [4.78, 5) is 12.4. The molecule has 1 atom stereocenters. The number of rotatable bonds is 5. The van der Waals surface area contributed by atoms with Crippen LogP contribution in [0.4, 0.5) is 10.1 Å². The van der Waals surface area contributed by atoms with Gasteiger partial charge in [-0.15, -0.1) is 0 Å². The number of carbonyl (C=O) groups is 1. The van der Waals surface area contributed by atoms with E-state index >= 15 is 0 Å². The smallest absolute Gasteiger partial charge is 0.246 e. The number of halogens is 1. The summed E-state index contributed by atoms with van der Waals surface area (Å²) in [5.41, 5.74) is 1.70. The Morgan fingerprint density at radius 2 is 2.04 bits per heavy atom. The summed E-state index contributed by atoms with van der Waals surface area (Å²) in [6, 6.07) is 10.8. The Balaban J connectivity index is 1.79. The Hall–Kier alpha value is -2.45. The predicted molar refractivity (Wildman–Crippen MR) is 104 cm³/mol. The fraction of sp³-hybridized carbons (Fsp3) is 0.350. The molecule has 2 aromatic rings. The SMILES string of the molecule is COc1ccc(F)cc1S(=O)(=O)N1CCCC(C(=O)Nc2cccc(C)c2)C1. The van der Waals surface area contributed by atoms with E-state index in [1.807, 2.05) is 25.1 Å². The molecule has 1 saturated heterocycles. The number of aryl methyl sites for hydroxylation is 1. The van der Waals surface area contributed by atoms with E-state index in [9.17, 15) is 17.6 Å². The number of sulfonamides is 1. The van der Waals surface area contributed by atoms with Gasteiger partial charge in [-0.05, 0) is 55.7 Å². The highest BCUT2D eigenvalue weighted by Gasteiger charge is 2.35. The Kier molecular flexibility index (Phi) is 6.00. The van der Waals surface area contributed by atoms with E-state index in [0.717, 1.165) is 17.7 Å². The maximum Gasteiger partial charge on any atom is 0.246 e. The van der Waals surface area contributed by atoms with Crippen LogP contribution in [0.25, 0.3) is 0 Å². The highest BCUT2D eigenvalue weighted by atomic mass is 32.2. The van der Waals surface area contributed by atoms with Gasteiger partial charge in [0.25, 0.3) is 0 Å². The molecule has 2 aromatic carbocycles. The molecule has 150 valence electrons. The summed E-state index contributed by atoms with van der Waals surface area (Å²) in [5.74, 6) is -1.29. The molecule has 0 aliphatic carbocycles. The van der Waals surface area contributed by atoms with Crippen molar-refractivity contribution < 1.29 is 22.3 Å². The fourth-order valence-electron chi connectivity index (χ4n) is 3.33. The molecule has 0 aromatic heterocycles. The van der Waals surface area contributed by atoms with Gasteiger partial charge < -0.3 is 10.1 Å². The third-order valence-corrected chi connectivity index (χ3v) is 6.67. The van der Waals surface area contributed by atoms with Crippen molar-refractivity contribution in [1.82, 2.24) is 4.31 Å². The van der Waals surface area contributed by atoms with Crippen molar-refractivity contribution in [1.29, 1.82) is 0 Å². The summed E-state index contributed by atoms with van der Waals surface area (Å²) in [6.07, 6.45) is 1.13. The zero-order valence-corrected chi connectivity index (χ0v) is 16.6. The second kappa shape index (κ2) is 8.28. The lowest BCUT2D eigenvalue weighted by Crippen LogP contribution is -2.43. The van der Waals surface area contributed by atoms with Gasteiger partial charge in [-0.3, -0.25) is 4.79 Å². The van der Waals surface area contributed by atoms with Gasteiger partial charge in [0.1, 0.15) is 16.5 Å². The van der Waals surface area contributed by atoms with Crippen LogP contribution in [0.2, 0.25) is 0 Å². The van der Waals surface area contributed by atoms with Crippen molar-refractivity contribution in [3.8, 4) is 5.75 Å². The molecule has 8 heteroatoms. The van der Waals surface area contributed by atoms with Crippen LogP contribution in [0.15, 0.2) is 47.4 Å². The van der Waals surface area contributed by atoms with Crippen molar-refractivity contribution in [3.05, 3.63) is 53.8 Å². The maximum absolute atomic E-state index is 13.7. The van der Waals surface area contributed by atoms with Crippen LogP contribution >= 0.6 is 0 Å². The van der Waals surface area contributed by atoms with Crippen LogP contribution in [0.3, 0.4) is 0 Å². The first kappa shape index (κ1) is 20.3. The molecule has 1 aliphatic rings. The van der Waals surface area contributed by atoms with E-state index in [2.05, 4.69) is 5.32 Å². The minimum absolute atomic E-state index is 0.0413. The van der Waals surface area contributed by atoms with Crippen LogP contribution in [-0.2, 0) is 14.8 Å². The molecule has 3 rings (SSSR count). The molecule has 1 aliphatic heterocycles. The van der Waals surface area contributed by atoms with E-state index < -0.39 is 21.8 Å². The Labute approximate surface area is 164 Å². The van der Waals surface area contributed by atoms with E-state index in [1.54, 1.807) is 6.07 Å². The fourth-order valence-corrected chi connectivity index (χ4v) is 5.02. The minimum Gasteiger partial charge on any atom is -0.495 e. The third-order valence-electron chi connectivity index (χ3n) is 4.78. The van der Waals surface area contributed by atoms with Crippen molar-refractivity contribution in [2.75, 3.05) is 25.5 Å². The van der Waals surface area contributed by atoms with Gasteiger partial charge in [0.15, 0.2) is 0 Å². The molecule has 0 radical (unpaired) electrons. The van der Waals surface area contributed by atoms with Crippen LogP contribution in [0, 0.1) is 18.7 Å². The van der Waals surface area contributed by atoms with Crippen molar-refractivity contribution in [2.24, 2.45) is 5.92 Å². The number of nitrogens with zero attached hydrogens (tertiary/aromatic N) is 1. The minimum atomic E-state index is -3.98. The van der Waals surface area contributed by atoms with E-state index in [4.69, 9.17) is 4.74 Å². The first-order chi connectivity index (χ1) is 13.3. The molecule has 1 heterocycles. The first-order valence-electron chi connectivity index (χ1n) is 9.02. The number of carbonyl (C=O) groups excluding carboxylic acids is 1. The Bertz CT molecular complexity index is 978. The van der Waals surface area contributed by atoms with E-state index in [0.29, 0.717) is 18.5 Å².